The van der Waals surface area contributed by atoms with E-state index in [1.54, 1.807) is 6.07 Å². The fourth-order valence-electron chi connectivity index (χ4n) is 3.83. The highest BCUT2D eigenvalue weighted by molar-refractivity contribution is 6.52. The molecule has 1 amide bonds. The predicted molar refractivity (Wildman–Crippen MR) is 77.5 cm³/mol. The second-order valence-corrected chi connectivity index (χ2v) is 6.40. The minimum atomic E-state index is -0.563. The summed E-state index contributed by atoms with van der Waals surface area (Å²) < 4.78 is 0. The predicted octanol–water partition coefficient (Wildman–Crippen LogP) is 2.71. The maximum absolute atomic E-state index is 11.7. The summed E-state index contributed by atoms with van der Waals surface area (Å²) in [6.45, 7) is 2.07. The monoisotopic (exact) mass is 290 g/mol. The third-order valence-electron chi connectivity index (χ3n) is 4.85. The van der Waals surface area contributed by atoms with Crippen molar-refractivity contribution in [3.05, 3.63) is 22.7 Å². The van der Waals surface area contributed by atoms with E-state index in [1.807, 2.05) is 6.07 Å². The lowest BCUT2D eigenvalue weighted by molar-refractivity contribution is -0.112. The van der Waals surface area contributed by atoms with E-state index in [9.17, 15) is 9.59 Å². The quantitative estimate of drug-likeness (QED) is 0.809. The number of amides is 1. The highest BCUT2D eigenvalue weighted by Crippen LogP contribution is 2.43. The molecule has 104 valence electrons. The normalized spacial score (nSPS) is 27.8. The first-order chi connectivity index (χ1) is 9.63. The Morgan fingerprint density at radius 1 is 1.15 bits per heavy atom. The van der Waals surface area contributed by atoms with Crippen LogP contribution in [0.5, 0.6) is 0 Å². The number of nitrogens with zero attached hydrogens (tertiary/aromatic N) is 1. The number of carbonyl (C=O) groups excluding carboxylic acids is 2. The molecule has 0 radical (unpaired) electrons. The standard InChI is InChI=1S/C15H15ClN2O2/c16-11-4-10-12(17-15(20)14(10)19)5-13(11)18-6-8-2-1-3-9(8)7-18/h4-5,8-9H,1-3,6-7H2,(H,17,19,20). The molecule has 5 heteroatoms. The molecule has 0 bridgehead atoms. The lowest BCUT2D eigenvalue weighted by Gasteiger charge is -2.21. The van der Waals surface area contributed by atoms with Gasteiger partial charge in [-0.25, -0.2) is 0 Å². The Balaban J connectivity index is 1.69. The van der Waals surface area contributed by atoms with Crippen LogP contribution < -0.4 is 10.2 Å². The molecule has 0 aromatic heterocycles. The zero-order valence-electron chi connectivity index (χ0n) is 11.0. The van der Waals surface area contributed by atoms with Gasteiger partial charge in [0.1, 0.15) is 0 Å². The first kappa shape index (κ1) is 12.2. The van der Waals surface area contributed by atoms with Gasteiger partial charge in [0.15, 0.2) is 0 Å². The molecule has 1 aromatic rings. The Morgan fingerprint density at radius 2 is 1.85 bits per heavy atom. The number of carbonyl (C=O) groups is 2. The van der Waals surface area contributed by atoms with Gasteiger partial charge < -0.3 is 10.2 Å². The van der Waals surface area contributed by atoms with Crippen molar-refractivity contribution in [1.82, 2.24) is 0 Å². The van der Waals surface area contributed by atoms with E-state index in [4.69, 9.17) is 11.6 Å². The van der Waals surface area contributed by atoms with E-state index in [0.717, 1.165) is 30.6 Å². The lowest BCUT2D eigenvalue weighted by Crippen LogP contribution is -2.21. The fourth-order valence-corrected chi connectivity index (χ4v) is 4.11. The third-order valence-corrected chi connectivity index (χ3v) is 5.16. The van der Waals surface area contributed by atoms with Crippen molar-refractivity contribution in [1.29, 1.82) is 0 Å². The SMILES string of the molecule is O=C1Nc2cc(N3CC4CCCC4C3)c(Cl)cc2C1=O. The largest absolute Gasteiger partial charge is 0.370 e. The van der Waals surface area contributed by atoms with Gasteiger partial charge in [-0.05, 0) is 36.8 Å². The van der Waals surface area contributed by atoms with Gasteiger partial charge in [0.2, 0.25) is 0 Å². The van der Waals surface area contributed by atoms with Crippen molar-refractivity contribution in [3.8, 4) is 0 Å². The van der Waals surface area contributed by atoms with E-state index < -0.39 is 11.7 Å². The summed E-state index contributed by atoms with van der Waals surface area (Å²) in [5.41, 5.74) is 1.93. The molecular formula is C15H15ClN2O2. The number of ketones is 1. The van der Waals surface area contributed by atoms with Crippen LogP contribution in [0.1, 0.15) is 29.6 Å². The second kappa shape index (κ2) is 4.22. The molecule has 1 aromatic carbocycles. The zero-order valence-corrected chi connectivity index (χ0v) is 11.7. The highest BCUT2D eigenvalue weighted by Gasteiger charge is 2.37. The summed E-state index contributed by atoms with van der Waals surface area (Å²) in [7, 11) is 0. The third kappa shape index (κ3) is 1.67. The van der Waals surface area contributed by atoms with Crippen LogP contribution in [0, 0.1) is 11.8 Å². The molecule has 1 N–H and O–H groups in total. The van der Waals surface area contributed by atoms with Gasteiger partial charge in [-0.1, -0.05) is 18.0 Å². The number of halogens is 1. The molecule has 20 heavy (non-hydrogen) atoms. The van der Waals surface area contributed by atoms with Gasteiger partial charge in [-0.3, -0.25) is 9.59 Å². The Bertz CT molecular complexity index is 617. The van der Waals surface area contributed by atoms with E-state index in [0.29, 0.717) is 16.3 Å². The molecule has 2 atom stereocenters. The Kier molecular flexibility index (Phi) is 2.58. The van der Waals surface area contributed by atoms with Crippen LogP contribution in [-0.2, 0) is 4.79 Å². The fraction of sp³-hybridized carbons (Fsp3) is 0.467. The number of rotatable bonds is 1. The first-order valence-electron chi connectivity index (χ1n) is 7.07. The smallest absolute Gasteiger partial charge is 0.296 e. The molecule has 4 rings (SSSR count). The topological polar surface area (TPSA) is 49.4 Å². The number of Topliss-reactive ketones (excluding diaryl/α,β-unsaturated/α-hetero) is 1. The molecule has 1 saturated heterocycles. The van der Waals surface area contributed by atoms with E-state index in [-0.39, 0.29) is 0 Å². The summed E-state index contributed by atoms with van der Waals surface area (Å²) in [6.07, 6.45) is 3.95. The van der Waals surface area contributed by atoms with Crippen molar-refractivity contribution in [2.45, 2.75) is 19.3 Å². The molecule has 1 saturated carbocycles. The minimum absolute atomic E-state index is 0.392. The van der Waals surface area contributed by atoms with Gasteiger partial charge in [0.05, 0.1) is 22.0 Å². The average molecular weight is 291 g/mol. The van der Waals surface area contributed by atoms with Crippen molar-refractivity contribution in [3.63, 3.8) is 0 Å². The van der Waals surface area contributed by atoms with Gasteiger partial charge in [-0.15, -0.1) is 0 Å². The van der Waals surface area contributed by atoms with Crippen LogP contribution in [0.25, 0.3) is 0 Å². The van der Waals surface area contributed by atoms with Crippen LogP contribution in [0.4, 0.5) is 11.4 Å². The molecule has 1 aliphatic carbocycles. The summed E-state index contributed by atoms with van der Waals surface area (Å²) >= 11 is 6.32. The van der Waals surface area contributed by atoms with Crippen LogP contribution in [0.3, 0.4) is 0 Å². The highest BCUT2D eigenvalue weighted by atomic mass is 35.5. The van der Waals surface area contributed by atoms with Crippen LogP contribution in [0.15, 0.2) is 12.1 Å². The lowest BCUT2D eigenvalue weighted by atomic mass is 10.0. The number of hydrogen-bond donors (Lipinski definition) is 1. The van der Waals surface area contributed by atoms with E-state index in [2.05, 4.69) is 10.2 Å². The molecule has 2 unspecified atom stereocenters. The van der Waals surface area contributed by atoms with Gasteiger partial charge in [0, 0.05) is 13.1 Å². The Morgan fingerprint density at radius 3 is 2.55 bits per heavy atom. The summed E-state index contributed by atoms with van der Waals surface area (Å²) in [4.78, 5) is 25.4. The number of hydrogen-bond acceptors (Lipinski definition) is 3. The summed E-state index contributed by atoms with van der Waals surface area (Å²) in [5, 5.41) is 3.18. The maximum atomic E-state index is 11.7. The molecule has 3 aliphatic rings. The zero-order chi connectivity index (χ0) is 13.9. The Labute approximate surface area is 122 Å². The first-order valence-corrected chi connectivity index (χ1v) is 7.45. The molecule has 4 nitrogen and oxygen atoms in total. The molecule has 2 heterocycles. The summed E-state index contributed by atoms with van der Waals surface area (Å²) in [6, 6.07) is 3.47. The Hall–Kier alpha value is -1.55. The van der Waals surface area contributed by atoms with Crippen molar-refractivity contribution in [2.24, 2.45) is 11.8 Å². The van der Waals surface area contributed by atoms with Crippen LogP contribution in [0.2, 0.25) is 5.02 Å². The van der Waals surface area contributed by atoms with Crippen molar-refractivity contribution < 1.29 is 9.59 Å². The number of benzene rings is 1. The number of anilines is 2. The van der Waals surface area contributed by atoms with E-state index in [1.165, 1.54) is 19.3 Å². The molecule has 2 aliphatic heterocycles. The number of fused-ring (bicyclic) bond motifs is 2. The maximum Gasteiger partial charge on any atom is 0.296 e. The molecular weight excluding hydrogens is 276 g/mol. The minimum Gasteiger partial charge on any atom is -0.370 e. The number of nitrogens with one attached hydrogen (secondary N) is 1. The van der Waals surface area contributed by atoms with Crippen LogP contribution in [-0.4, -0.2) is 24.8 Å². The van der Waals surface area contributed by atoms with E-state index >= 15 is 0 Å². The molecule has 0 spiro atoms. The van der Waals surface area contributed by atoms with Crippen molar-refractivity contribution in [2.75, 3.05) is 23.3 Å². The second-order valence-electron chi connectivity index (χ2n) is 5.99. The summed E-state index contributed by atoms with van der Waals surface area (Å²) in [5.74, 6) is 0.490. The van der Waals surface area contributed by atoms with Gasteiger partial charge >= 0.3 is 0 Å². The van der Waals surface area contributed by atoms with Crippen LogP contribution >= 0.6 is 11.6 Å². The average Bonchev–Trinajstić information content (AvgIpc) is 3.05. The van der Waals surface area contributed by atoms with Gasteiger partial charge in [0.25, 0.3) is 11.7 Å². The van der Waals surface area contributed by atoms with Crippen molar-refractivity contribution >= 4 is 34.7 Å². The molecule has 2 fully saturated rings. The van der Waals surface area contributed by atoms with Gasteiger partial charge in [-0.2, -0.15) is 0 Å².